The first kappa shape index (κ1) is 10.7. The molecule has 0 radical (unpaired) electrons. The first-order valence-corrected chi connectivity index (χ1v) is 6.60. The number of fused-ring (bicyclic) bond motifs is 2. The standard InChI is InChI=1S/C14H13N3O2/c18-13-9-5-1-2-6-10(9)16-17(13)14-15-11-7-3-4-8-12(11)19-14/h3-4,7-9H,1-2,5-6H2. The molecule has 96 valence electrons. The predicted octanol–water partition coefficient (Wildman–Crippen LogP) is 2.72. The molecule has 0 bridgehead atoms. The molecule has 4 rings (SSSR count). The summed E-state index contributed by atoms with van der Waals surface area (Å²) in [4.78, 5) is 16.7. The molecule has 2 heterocycles. The number of nitrogens with zero attached hydrogens (tertiary/aromatic N) is 3. The molecule has 2 aromatic rings. The Morgan fingerprint density at radius 2 is 2.16 bits per heavy atom. The Labute approximate surface area is 109 Å². The molecule has 5 nitrogen and oxygen atoms in total. The van der Waals surface area contributed by atoms with Crippen molar-refractivity contribution in [2.75, 3.05) is 5.01 Å². The van der Waals surface area contributed by atoms with Crippen molar-refractivity contribution in [1.82, 2.24) is 4.98 Å². The highest BCUT2D eigenvalue weighted by Gasteiger charge is 2.39. The Hall–Kier alpha value is -2.17. The van der Waals surface area contributed by atoms with Gasteiger partial charge in [-0.05, 0) is 31.4 Å². The van der Waals surface area contributed by atoms with Gasteiger partial charge in [-0.25, -0.2) is 0 Å². The van der Waals surface area contributed by atoms with Crippen LogP contribution in [-0.4, -0.2) is 16.6 Å². The van der Waals surface area contributed by atoms with Gasteiger partial charge in [0, 0.05) is 0 Å². The monoisotopic (exact) mass is 255 g/mol. The molecule has 1 fully saturated rings. The Kier molecular flexibility index (Phi) is 2.21. The highest BCUT2D eigenvalue weighted by Crippen LogP contribution is 2.32. The first-order chi connectivity index (χ1) is 9.33. The minimum atomic E-state index is -0.0521. The summed E-state index contributed by atoms with van der Waals surface area (Å²) in [6.45, 7) is 0. The van der Waals surface area contributed by atoms with Gasteiger partial charge >= 0.3 is 6.01 Å². The molecule has 2 aliphatic rings. The zero-order chi connectivity index (χ0) is 12.8. The van der Waals surface area contributed by atoms with E-state index in [0.717, 1.165) is 36.9 Å². The van der Waals surface area contributed by atoms with E-state index in [4.69, 9.17) is 4.42 Å². The molecule has 0 saturated heterocycles. The van der Waals surface area contributed by atoms with Crippen LogP contribution < -0.4 is 5.01 Å². The fourth-order valence-corrected chi connectivity index (χ4v) is 2.79. The molecule has 1 aliphatic carbocycles. The number of carbonyl (C=O) groups is 1. The summed E-state index contributed by atoms with van der Waals surface area (Å²) in [6, 6.07) is 7.77. The molecule has 19 heavy (non-hydrogen) atoms. The van der Waals surface area contributed by atoms with Crippen LogP contribution >= 0.6 is 0 Å². The summed E-state index contributed by atoms with van der Waals surface area (Å²) in [6.07, 6.45) is 4.02. The van der Waals surface area contributed by atoms with Crippen LogP contribution in [0.25, 0.3) is 11.1 Å². The van der Waals surface area contributed by atoms with E-state index in [0.29, 0.717) is 5.58 Å². The summed E-state index contributed by atoms with van der Waals surface area (Å²) in [5.74, 6) is -0.0509. The zero-order valence-corrected chi connectivity index (χ0v) is 10.4. The Morgan fingerprint density at radius 3 is 3.00 bits per heavy atom. The van der Waals surface area contributed by atoms with Crippen molar-refractivity contribution in [3.63, 3.8) is 0 Å². The van der Waals surface area contributed by atoms with Crippen LogP contribution in [0.15, 0.2) is 33.8 Å². The molecule has 1 amide bonds. The van der Waals surface area contributed by atoms with E-state index in [1.807, 2.05) is 24.3 Å². The van der Waals surface area contributed by atoms with E-state index >= 15 is 0 Å². The molecular formula is C14H13N3O2. The molecule has 1 aromatic heterocycles. The minimum absolute atomic E-state index is 0.00116. The van der Waals surface area contributed by atoms with E-state index in [1.165, 1.54) is 5.01 Å². The lowest BCUT2D eigenvalue weighted by Crippen LogP contribution is -2.29. The second-order valence-electron chi connectivity index (χ2n) is 5.00. The molecule has 5 heteroatoms. The quantitative estimate of drug-likeness (QED) is 0.787. The third-order valence-corrected chi connectivity index (χ3v) is 3.78. The summed E-state index contributed by atoms with van der Waals surface area (Å²) in [5.41, 5.74) is 2.42. The van der Waals surface area contributed by atoms with Crippen LogP contribution in [0.3, 0.4) is 0 Å². The number of hydrazone groups is 1. The van der Waals surface area contributed by atoms with Gasteiger partial charge in [0.05, 0.1) is 11.6 Å². The third-order valence-electron chi connectivity index (χ3n) is 3.78. The average Bonchev–Trinajstić information content (AvgIpc) is 3.00. The number of oxazole rings is 1. The van der Waals surface area contributed by atoms with Crippen molar-refractivity contribution in [3.8, 4) is 0 Å². The van der Waals surface area contributed by atoms with Crippen LogP contribution in [0.2, 0.25) is 0 Å². The van der Waals surface area contributed by atoms with Crippen LogP contribution in [0, 0.1) is 5.92 Å². The van der Waals surface area contributed by atoms with Crippen molar-refractivity contribution in [2.45, 2.75) is 25.7 Å². The Balaban J connectivity index is 1.76. The molecule has 0 spiro atoms. The van der Waals surface area contributed by atoms with Crippen LogP contribution in [0.5, 0.6) is 0 Å². The number of anilines is 1. The van der Waals surface area contributed by atoms with E-state index in [-0.39, 0.29) is 17.8 Å². The summed E-state index contributed by atoms with van der Waals surface area (Å²) in [5, 5.41) is 5.74. The SMILES string of the molecule is O=C1C2CCCCC2=NN1c1nc2ccccc2o1. The van der Waals surface area contributed by atoms with E-state index in [9.17, 15) is 4.79 Å². The number of para-hydroxylation sites is 2. The van der Waals surface area contributed by atoms with Gasteiger partial charge in [-0.2, -0.15) is 10.1 Å². The molecule has 0 N–H and O–H groups in total. The number of carbonyl (C=O) groups excluding carboxylic acids is 1. The number of hydrogen-bond donors (Lipinski definition) is 0. The lowest BCUT2D eigenvalue weighted by molar-refractivity contribution is -0.120. The number of hydrogen-bond acceptors (Lipinski definition) is 4. The van der Waals surface area contributed by atoms with Gasteiger partial charge in [-0.15, -0.1) is 5.01 Å². The number of amides is 1. The van der Waals surface area contributed by atoms with Crippen molar-refractivity contribution < 1.29 is 9.21 Å². The Bertz CT molecular complexity index is 656. The van der Waals surface area contributed by atoms with E-state index in [2.05, 4.69) is 10.1 Å². The van der Waals surface area contributed by atoms with Crippen LogP contribution in [0.1, 0.15) is 25.7 Å². The second-order valence-corrected chi connectivity index (χ2v) is 5.00. The maximum absolute atomic E-state index is 12.3. The predicted molar refractivity (Wildman–Crippen MR) is 70.9 cm³/mol. The first-order valence-electron chi connectivity index (χ1n) is 6.60. The minimum Gasteiger partial charge on any atom is -0.422 e. The normalized spacial score (nSPS) is 22.7. The number of aromatic nitrogens is 1. The number of rotatable bonds is 1. The molecule has 1 unspecified atom stereocenters. The largest absolute Gasteiger partial charge is 0.422 e. The molecular weight excluding hydrogens is 242 g/mol. The molecule has 1 aromatic carbocycles. The van der Waals surface area contributed by atoms with Crippen molar-refractivity contribution in [3.05, 3.63) is 24.3 Å². The Morgan fingerprint density at radius 1 is 1.26 bits per heavy atom. The molecule has 1 aliphatic heterocycles. The maximum atomic E-state index is 12.3. The van der Waals surface area contributed by atoms with Crippen LogP contribution in [0.4, 0.5) is 6.01 Å². The number of benzene rings is 1. The van der Waals surface area contributed by atoms with E-state index in [1.54, 1.807) is 0 Å². The van der Waals surface area contributed by atoms with Crippen molar-refractivity contribution in [1.29, 1.82) is 0 Å². The lowest BCUT2D eigenvalue weighted by Gasteiger charge is -2.15. The van der Waals surface area contributed by atoms with E-state index < -0.39 is 0 Å². The van der Waals surface area contributed by atoms with Crippen molar-refractivity contribution >= 4 is 28.7 Å². The topological polar surface area (TPSA) is 58.7 Å². The second kappa shape index (κ2) is 3.91. The van der Waals surface area contributed by atoms with Crippen molar-refractivity contribution in [2.24, 2.45) is 11.0 Å². The fourth-order valence-electron chi connectivity index (χ4n) is 2.79. The highest BCUT2D eigenvalue weighted by atomic mass is 16.4. The summed E-state index contributed by atoms with van der Waals surface area (Å²) < 4.78 is 5.62. The van der Waals surface area contributed by atoms with Gasteiger partial charge in [0.15, 0.2) is 5.58 Å². The average molecular weight is 255 g/mol. The summed E-state index contributed by atoms with van der Waals surface area (Å²) in [7, 11) is 0. The molecule has 1 saturated carbocycles. The smallest absolute Gasteiger partial charge is 0.327 e. The van der Waals surface area contributed by atoms with Gasteiger partial charge in [-0.1, -0.05) is 18.6 Å². The fraction of sp³-hybridized carbons (Fsp3) is 0.357. The third kappa shape index (κ3) is 1.58. The van der Waals surface area contributed by atoms with Crippen LogP contribution in [-0.2, 0) is 4.79 Å². The molecule has 1 atom stereocenters. The van der Waals surface area contributed by atoms with Gasteiger partial charge in [0.25, 0.3) is 5.91 Å². The maximum Gasteiger partial charge on any atom is 0.327 e. The summed E-state index contributed by atoms with van der Waals surface area (Å²) >= 11 is 0. The van der Waals surface area contributed by atoms with Gasteiger partial charge in [0.1, 0.15) is 5.52 Å². The van der Waals surface area contributed by atoms with Gasteiger partial charge < -0.3 is 4.42 Å². The van der Waals surface area contributed by atoms with Gasteiger partial charge in [-0.3, -0.25) is 4.79 Å². The highest BCUT2D eigenvalue weighted by molar-refractivity contribution is 6.15. The van der Waals surface area contributed by atoms with Gasteiger partial charge in [0.2, 0.25) is 0 Å². The zero-order valence-electron chi connectivity index (χ0n) is 10.4. The lowest BCUT2D eigenvalue weighted by atomic mass is 9.87.